The van der Waals surface area contributed by atoms with Gasteiger partial charge in [-0.3, -0.25) is 4.79 Å². The van der Waals surface area contributed by atoms with E-state index in [-0.39, 0.29) is 17.3 Å². The molecule has 1 aliphatic rings. The third-order valence-electron chi connectivity index (χ3n) is 3.63. The number of rotatable bonds is 7. The highest BCUT2D eigenvalue weighted by Crippen LogP contribution is 2.19. The summed E-state index contributed by atoms with van der Waals surface area (Å²) in [6.07, 6.45) is 6.69. The number of amides is 1. The molecule has 1 unspecified atom stereocenters. The van der Waals surface area contributed by atoms with Crippen LogP contribution in [-0.2, 0) is 14.8 Å². The first-order valence-electron chi connectivity index (χ1n) is 7.47. The molecule has 1 aromatic carbocycles. The number of hydrogen-bond donors (Lipinski definition) is 2. The Morgan fingerprint density at radius 2 is 1.95 bits per heavy atom. The molecule has 0 bridgehead atoms. The lowest BCUT2D eigenvalue weighted by molar-refractivity contribution is -0.121. The van der Waals surface area contributed by atoms with Crippen molar-refractivity contribution >= 4 is 15.9 Å². The molecule has 22 heavy (non-hydrogen) atoms. The lowest BCUT2D eigenvalue weighted by Crippen LogP contribution is -2.35. The Morgan fingerprint density at radius 1 is 1.23 bits per heavy atom. The molecule has 1 amide bonds. The molecule has 0 heterocycles. The van der Waals surface area contributed by atoms with E-state index in [1.165, 1.54) is 0 Å². The number of carbonyl (C=O) groups excluding carboxylic acids is 1. The van der Waals surface area contributed by atoms with Crippen molar-refractivity contribution in [2.45, 2.75) is 31.1 Å². The fraction of sp³-hybridized carbons (Fsp3) is 0.438. The lowest BCUT2D eigenvalue weighted by atomic mass is 10.1. The summed E-state index contributed by atoms with van der Waals surface area (Å²) in [6, 6.07) is 6.66. The van der Waals surface area contributed by atoms with Crippen LogP contribution in [0, 0.1) is 12.8 Å². The van der Waals surface area contributed by atoms with Crippen LogP contribution >= 0.6 is 0 Å². The zero-order valence-electron chi connectivity index (χ0n) is 12.7. The molecule has 5 nitrogen and oxygen atoms in total. The fourth-order valence-electron chi connectivity index (χ4n) is 2.36. The largest absolute Gasteiger partial charge is 0.355 e. The predicted molar refractivity (Wildman–Crippen MR) is 85.9 cm³/mol. The van der Waals surface area contributed by atoms with Gasteiger partial charge in [0, 0.05) is 19.5 Å². The number of benzene rings is 1. The summed E-state index contributed by atoms with van der Waals surface area (Å²) in [6.45, 7) is 2.38. The molecule has 1 aliphatic carbocycles. The standard InChI is InChI=1S/C16H22N2O3S/c1-13-6-8-15(9-7-13)22(20,21)18-11-10-17-16(19)12-14-4-2-3-5-14/h2,4,6-9,14,18H,3,5,10-12H2,1H3,(H,17,19). The number of carbonyl (C=O) groups is 1. The number of sulfonamides is 1. The Labute approximate surface area is 131 Å². The van der Waals surface area contributed by atoms with Crippen LogP contribution in [0.1, 0.15) is 24.8 Å². The average Bonchev–Trinajstić information content (AvgIpc) is 2.97. The van der Waals surface area contributed by atoms with E-state index in [4.69, 9.17) is 0 Å². The summed E-state index contributed by atoms with van der Waals surface area (Å²) < 4.78 is 26.6. The average molecular weight is 322 g/mol. The van der Waals surface area contributed by atoms with Crippen molar-refractivity contribution in [1.82, 2.24) is 10.0 Å². The van der Waals surface area contributed by atoms with Crippen molar-refractivity contribution in [2.24, 2.45) is 5.92 Å². The topological polar surface area (TPSA) is 75.3 Å². The number of allylic oxidation sites excluding steroid dienone is 2. The summed E-state index contributed by atoms with van der Waals surface area (Å²) in [5.74, 6) is 0.287. The summed E-state index contributed by atoms with van der Waals surface area (Å²) >= 11 is 0. The van der Waals surface area contributed by atoms with Gasteiger partial charge in [0.15, 0.2) is 0 Å². The monoisotopic (exact) mass is 322 g/mol. The summed E-state index contributed by atoms with van der Waals surface area (Å²) in [5, 5.41) is 2.74. The molecule has 6 heteroatoms. The SMILES string of the molecule is Cc1ccc(S(=O)(=O)NCCNC(=O)CC2C=CCC2)cc1. The van der Waals surface area contributed by atoms with Gasteiger partial charge in [0.05, 0.1) is 4.90 Å². The van der Waals surface area contributed by atoms with Crippen molar-refractivity contribution in [2.75, 3.05) is 13.1 Å². The summed E-state index contributed by atoms with van der Waals surface area (Å²) in [4.78, 5) is 11.9. The highest BCUT2D eigenvalue weighted by atomic mass is 32.2. The zero-order chi connectivity index (χ0) is 16.0. The zero-order valence-corrected chi connectivity index (χ0v) is 13.5. The van der Waals surface area contributed by atoms with Gasteiger partial charge in [-0.05, 0) is 37.8 Å². The molecule has 0 aromatic heterocycles. The van der Waals surface area contributed by atoms with Gasteiger partial charge >= 0.3 is 0 Å². The second-order valence-electron chi connectivity index (χ2n) is 5.53. The molecule has 2 rings (SSSR count). The molecule has 0 saturated heterocycles. The molecular weight excluding hydrogens is 300 g/mol. The van der Waals surface area contributed by atoms with Gasteiger partial charge in [0.25, 0.3) is 0 Å². The Bertz CT molecular complexity index is 636. The van der Waals surface area contributed by atoms with E-state index in [1.54, 1.807) is 24.3 Å². The van der Waals surface area contributed by atoms with Crippen molar-refractivity contribution in [1.29, 1.82) is 0 Å². The predicted octanol–water partition coefficient (Wildman–Crippen LogP) is 1.75. The second kappa shape index (κ2) is 7.56. The van der Waals surface area contributed by atoms with E-state index in [9.17, 15) is 13.2 Å². The maximum Gasteiger partial charge on any atom is 0.240 e. The minimum Gasteiger partial charge on any atom is -0.355 e. The van der Waals surface area contributed by atoms with Gasteiger partial charge in [-0.25, -0.2) is 13.1 Å². The third-order valence-corrected chi connectivity index (χ3v) is 5.11. The van der Waals surface area contributed by atoms with Crippen LogP contribution in [0.2, 0.25) is 0 Å². The van der Waals surface area contributed by atoms with Crippen LogP contribution in [0.25, 0.3) is 0 Å². The van der Waals surface area contributed by atoms with Gasteiger partial charge < -0.3 is 5.32 Å². The molecular formula is C16H22N2O3S. The van der Waals surface area contributed by atoms with Gasteiger partial charge in [-0.1, -0.05) is 29.8 Å². The Kier molecular flexibility index (Phi) is 5.74. The number of nitrogens with one attached hydrogen (secondary N) is 2. The Hall–Kier alpha value is -1.66. The second-order valence-corrected chi connectivity index (χ2v) is 7.30. The van der Waals surface area contributed by atoms with Crippen molar-refractivity contribution < 1.29 is 13.2 Å². The fourth-order valence-corrected chi connectivity index (χ4v) is 3.40. The normalized spacial score (nSPS) is 17.6. The minimum atomic E-state index is -3.51. The third kappa shape index (κ3) is 4.96. The first kappa shape index (κ1) is 16.7. The van der Waals surface area contributed by atoms with Crippen LogP contribution in [0.3, 0.4) is 0 Å². The van der Waals surface area contributed by atoms with Crippen LogP contribution in [0.4, 0.5) is 0 Å². The Morgan fingerprint density at radius 3 is 2.59 bits per heavy atom. The molecule has 0 aliphatic heterocycles. The molecule has 1 aromatic rings. The van der Waals surface area contributed by atoms with Crippen LogP contribution in [0.15, 0.2) is 41.3 Å². The first-order valence-corrected chi connectivity index (χ1v) is 8.95. The molecule has 0 spiro atoms. The van der Waals surface area contributed by atoms with Crippen molar-refractivity contribution in [3.63, 3.8) is 0 Å². The maximum atomic E-state index is 12.0. The minimum absolute atomic E-state index is 0.0360. The quantitative estimate of drug-likeness (QED) is 0.593. The van der Waals surface area contributed by atoms with E-state index in [1.807, 2.05) is 6.92 Å². The first-order chi connectivity index (χ1) is 10.5. The van der Waals surface area contributed by atoms with E-state index in [0.29, 0.717) is 18.9 Å². The highest BCUT2D eigenvalue weighted by molar-refractivity contribution is 7.89. The molecule has 0 radical (unpaired) electrons. The molecule has 1 atom stereocenters. The maximum absolute atomic E-state index is 12.0. The van der Waals surface area contributed by atoms with E-state index in [0.717, 1.165) is 18.4 Å². The Balaban J connectivity index is 1.72. The smallest absolute Gasteiger partial charge is 0.240 e. The van der Waals surface area contributed by atoms with Gasteiger partial charge in [0.1, 0.15) is 0 Å². The highest BCUT2D eigenvalue weighted by Gasteiger charge is 2.15. The number of hydrogen-bond acceptors (Lipinski definition) is 3. The summed E-state index contributed by atoms with van der Waals surface area (Å²) in [7, 11) is -3.51. The number of aryl methyl sites for hydroxylation is 1. The molecule has 0 saturated carbocycles. The summed E-state index contributed by atoms with van der Waals surface area (Å²) in [5.41, 5.74) is 1.01. The molecule has 0 fully saturated rings. The van der Waals surface area contributed by atoms with Crippen LogP contribution in [-0.4, -0.2) is 27.4 Å². The van der Waals surface area contributed by atoms with E-state index in [2.05, 4.69) is 22.2 Å². The lowest BCUT2D eigenvalue weighted by Gasteiger charge is -2.10. The van der Waals surface area contributed by atoms with Crippen LogP contribution < -0.4 is 10.0 Å². The molecule has 120 valence electrons. The van der Waals surface area contributed by atoms with Gasteiger partial charge in [-0.2, -0.15) is 0 Å². The van der Waals surface area contributed by atoms with Gasteiger partial charge in [0.2, 0.25) is 15.9 Å². The van der Waals surface area contributed by atoms with E-state index < -0.39 is 10.0 Å². The molecule has 2 N–H and O–H groups in total. The van der Waals surface area contributed by atoms with Crippen molar-refractivity contribution in [3.05, 3.63) is 42.0 Å². The van der Waals surface area contributed by atoms with Crippen molar-refractivity contribution in [3.8, 4) is 0 Å². The van der Waals surface area contributed by atoms with Crippen LogP contribution in [0.5, 0.6) is 0 Å². The van der Waals surface area contributed by atoms with E-state index >= 15 is 0 Å². The van der Waals surface area contributed by atoms with Gasteiger partial charge in [-0.15, -0.1) is 0 Å².